The van der Waals surface area contributed by atoms with Crippen molar-refractivity contribution in [1.82, 2.24) is 23.9 Å². The highest BCUT2D eigenvalue weighted by molar-refractivity contribution is 7.90. The SMILES string of the molecule is COc1ccc2cc1OCCN(S(=O)(=O)C1CC1)CCCCN(C(=O)Cc1cc(C)no1)CCCn1ccnc1-2. The van der Waals surface area contributed by atoms with Crippen molar-refractivity contribution in [3.8, 4) is 22.9 Å². The third-order valence-corrected chi connectivity index (χ3v) is 9.71. The van der Waals surface area contributed by atoms with Crippen molar-refractivity contribution in [2.24, 2.45) is 0 Å². The van der Waals surface area contributed by atoms with Crippen molar-refractivity contribution >= 4 is 15.9 Å². The van der Waals surface area contributed by atoms with Gasteiger partial charge in [-0.25, -0.2) is 13.4 Å². The van der Waals surface area contributed by atoms with E-state index in [1.807, 2.05) is 36.2 Å². The van der Waals surface area contributed by atoms with E-state index in [4.69, 9.17) is 14.0 Å². The largest absolute Gasteiger partial charge is 0.493 e. The molecule has 3 heterocycles. The van der Waals surface area contributed by atoms with E-state index in [0.29, 0.717) is 69.1 Å². The molecule has 0 unspecified atom stereocenters. The number of aromatic nitrogens is 3. The van der Waals surface area contributed by atoms with Crippen molar-refractivity contribution in [2.75, 3.05) is 39.9 Å². The number of carbonyl (C=O) groups is 1. The zero-order chi connectivity index (χ0) is 28.1. The van der Waals surface area contributed by atoms with E-state index >= 15 is 0 Å². The molecule has 11 nitrogen and oxygen atoms in total. The highest BCUT2D eigenvalue weighted by Crippen LogP contribution is 2.33. The lowest BCUT2D eigenvalue weighted by Gasteiger charge is -2.25. The summed E-state index contributed by atoms with van der Waals surface area (Å²) in [5, 5.41) is 3.59. The second kappa shape index (κ2) is 12.4. The van der Waals surface area contributed by atoms with Gasteiger partial charge in [0.2, 0.25) is 15.9 Å². The molecule has 1 aromatic carbocycles. The maximum Gasteiger partial charge on any atom is 0.230 e. The molecule has 40 heavy (non-hydrogen) atoms. The summed E-state index contributed by atoms with van der Waals surface area (Å²) in [7, 11) is -1.81. The number of methoxy groups -OCH3 is 1. The predicted molar refractivity (Wildman–Crippen MR) is 149 cm³/mol. The molecule has 3 aromatic rings. The number of fused-ring (bicyclic) bond motifs is 4. The quantitative estimate of drug-likeness (QED) is 0.458. The van der Waals surface area contributed by atoms with E-state index in [9.17, 15) is 13.2 Å². The monoisotopic (exact) mass is 571 g/mol. The molecule has 216 valence electrons. The summed E-state index contributed by atoms with van der Waals surface area (Å²) in [6, 6.07) is 7.42. The number of sulfonamides is 1. The molecule has 0 saturated heterocycles. The number of carbonyl (C=O) groups excluding carboxylic acids is 1. The molecular weight excluding hydrogens is 534 g/mol. The van der Waals surface area contributed by atoms with Gasteiger partial charge in [0.25, 0.3) is 0 Å². The molecule has 1 amide bonds. The van der Waals surface area contributed by atoms with Crippen LogP contribution in [-0.2, 0) is 27.8 Å². The van der Waals surface area contributed by atoms with Crippen molar-refractivity contribution in [1.29, 1.82) is 0 Å². The number of hydrogen-bond donors (Lipinski definition) is 0. The average Bonchev–Trinajstić information content (AvgIpc) is 3.58. The van der Waals surface area contributed by atoms with E-state index in [1.54, 1.807) is 23.7 Å². The van der Waals surface area contributed by atoms with Gasteiger partial charge in [-0.1, -0.05) is 5.16 Å². The molecule has 0 radical (unpaired) electrons. The Labute approximate surface area is 235 Å². The first-order valence-corrected chi connectivity index (χ1v) is 15.4. The third kappa shape index (κ3) is 6.67. The first kappa shape index (κ1) is 28.2. The molecule has 2 bridgehead atoms. The van der Waals surface area contributed by atoms with E-state index < -0.39 is 10.0 Å². The Hall–Kier alpha value is -3.38. The molecule has 0 spiro atoms. The van der Waals surface area contributed by atoms with Crippen LogP contribution in [0.2, 0.25) is 0 Å². The Morgan fingerprint density at radius 3 is 2.62 bits per heavy atom. The van der Waals surface area contributed by atoms with Crippen molar-refractivity contribution in [3.05, 3.63) is 48.1 Å². The fraction of sp³-hybridized carbons (Fsp3) is 0.536. The lowest BCUT2D eigenvalue weighted by Crippen LogP contribution is -2.38. The standard InChI is InChI=1S/C28H37N5O6S/c1-21-18-23(39-30-21)20-27(34)31-11-3-4-14-33(40(35,36)24-7-8-24)16-17-38-26-19-22(6-9-25(26)37-2)28-29-10-15-32(28)13-5-12-31/h6,9-10,15,18-19,24H,3-5,7-8,11-14,16-17,20H2,1-2H3. The normalized spacial score (nSPS) is 18.0. The molecule has 1 aliphatic carbocycles. The molecular formula is C28H37N5O6S. The Morgan fingerprint density at radius 1 is 1.07 bits per heavy atom. The van der Waals surface area contributed by atoms with Gasteiger partial charge in [0.15, 0.2) is 11.5 Å². The van der Waals surface area contributed by atoms with Crippen LogP contribution in [0.25, 0.3) is 11.4 Å². The average molecular weight is 572 g/mol. The highest BCUT2D eigenvalue weighted by atomic mass is 32.2. The number of hydrogen-bond acceptors (Lipinski definition) is 8. The van der Waals surface area contributed by atoms with Gasteiger partial charge in [-0.05, 0) is 57.2 Å². The van der Waals surface area contributed by atoms with Crippen molar-refractivity contribution in [2.45, 2.75) is 57.2 Å². The van der Waals surface area contributed by atoms with E-state index in [-0.39, 0.29) is 30.7 Å². The van der Waals surface area contributed by atoms with Crippen LogP contribution < -0.4 is 9.47 Å². The Balaban J connectivity index is 1.38. The summed E-state index contributed by atoms with van der Waals surface area (Å²) in [6.07, 6.45) is 7.28. The number of nitrogens with zero attached hydrogens (tertiary/aromatic N) is 5. The summed E-state index contributed by atoms with van der Waals surface area (Å²) >= 11 is 0. The molecule has 1 saturated carbocycles. The number of imidazole rings is 1. The molecule has 0 atom stereocenters. The molecule has 5 rings (SSSR count). The lowest BCUT2D eigenvalue weighted by molar-refractivity contribution is -0.131. The number of ether oxygens (including phenoxy) is 2. The van der Waals surface area contributed by atoms with Gasteiger partial charge in [0.05, 0.1) is 24.5 Å². The van der Waals surface area contributed by atoms with Crippen LogP contribution in [0, 0.1) is 6.92 Å². The first-order chi connectivity index (χ1) is 19.3. The zero-order valence-corrected chi connectivity index (χ0v) is 23.9. The van der Waals surface area contributed by atoms with Gasteiger partial charge < -0.3 is 23.5 Å². The Kier molecular flexibility index (Phi) is 8.75. The molecule has 12 heteroatoms. The second-order valence-corrected chi connectivity index (χ2v) is 12.6. The fourth-order valence-corrected chi connectivity index (χ4v) is 6.89. The van der Waals surface area contributed by atoms with Gasteiger partial charge in [0.1, 0.15) is 18.2 Å². The van der Waals surface area contributed by atoms with Crippen molar-refractivity contribution in [3.63, 3.8) is 0 Å². The van der Waals surface area contributed by atoms with Crippen LogP contribution in [0.5, 0.6) is 11.5 Å². The number of benzene rings is 1. The van der Waals surface area contributed by atoms with Crippen LogP contribution in [-0.4, -0.2) is 83.4 Å². The molecule has 2 aromatic heterocycles. The minimum Gasteiger partial charge on any atom is -0.493 e. The lowest BCUT2D eigenvalue weighted by atomic mass is 10.2. The minimum absolute atomic E-state index is 0.0319. The summed E-state index contributed by atoms with van der Waals surface area (Å²) in [4.78, 5) is 19.7. The summed E-state index contributed by atoms with van der Waals surface area (Å²) in [5.41, 5.74) is 1.60. The number of aryl methyl sites for hydroxylation is 2. The maximum absolute atomic E-state index is 13.2. The molecule has 0 N–H and O–H groups in total. The Bertz CT molecular complexity index is 1410. The topological polar surface area (TPSA) is 120 Å². The van der Waals surface area contributed by atoms with E-state index in [0.717, 1.165) is 23.5 Å². The predicted octanol–water partition coefficient (Wildman–Crippen LogP) is 3.28. The summed E-state index contributed by atoms with van der Waals surface area (Å²) < 4.78 is 46.8. The summed E-state index contributed by atoms with van der Waals surface area (Å²) in [5.74, 6) is 2.41. The van der Waals surface area contributed by atoms with Crippen LogP contribution in [0.15, 0.2) is 41.2 Å². The molecule has 1 fully saturated rings. The minimum atomic E-state index is -3.39. The smallest absolute Gasteiger partial charge is 0.230 e. The fourth-order valence-electron chi connectivity index (χ4n) is 5.02. The third-order valence-electron chi connectivity index (χ3n) is 7.31. The van der Waals surface area contributed by atoms with Crippen LogP contribution in [0.1, 0.15) is 43.6 Å². The number of rotatable bonds is 5. The zero-order valence-electron chi connectivity index (χ0n) is 23.1. The van der Waals surface area contributed by atoms with Crippen LogP contribution in [0.4, 0.5) is 0 Å². The van der Waals surface area contributed by atoms with Gasteiger partial charge in [-0.3, -0.25) is 4.79 Å². The van der Waals surface area contributed by atoms with E-state index in [1.165, 1.54) is 0 Å². The first-order valence-electron chi connectivity index (χ1n) is 13.9. The molecule has 2 aliphatic rings. The van der Waals surface area contributed by atoms with Crippen LogP contribution >= 0.6 is 0 Å². The highest BCUT2D eigenvalue weighted by Gasteiger charge is 2.39. The van der Waals surface area contributed by atoms with E-state index in [2.05, 4.69) is 14.7 Å². The van der Waals surface area contributed by atoms with Gasteiger partial charge in [-0.15, -0.1) is 0 Å². The number of amides is 1. The Morgan fingerprint density at radius 2 is 1.88 bits per heavy atom. The van der Waals surface area contributed by atoms with Gasteiger partial charge >= 0.3 is 0 Å². The maximum atomic E-state index is 13.2. The van der Waals surface area contributed by atoms with Gasteiger partial charge in [-0.2, -0.15) is 4.31 Å². The van der Waals surface area contributed by atoms with Crippen LogP contribution in [0.3, 0.4) is 0 Å². The van der Waals surface area contributed by atoms with Gasteiger partial charge in [0, 0.05) is 56.7 Å². The molecule has 1 aliphatic heterocycles. The second-order valence-electron chi connectivity index (χ2n) is 10.4. The summed E-state index contributed by atoms with van der Waals surface area (Å²) in [6.45, 7) is 4.43. The van der Waals surface area contributed by atoms with Crippen molar-refractivity contribution < 1.29 is 27.2 Å².